The number of hydrogen-bond donors (Lipinski definition) is 1. The van der Waals surface area contributed by atoms with Gasteiger partial charge >= 0.3 is 0 Å². The highest BCUT2D eigenvalue weighted by Crippen LogP contribution is 2.29. The number of thiazole rings is 1. The van der Waals surface area contributed by atoms with Crippen molar-refractivity contribution >= 4 is 16.3 Å². The minimum absolute atomic E-state index is 0.839. The van der Waals surface area contributed by atoms with Gasteiger partial charge in [0.05, 0.1) is 5.69 Å². The average Bonchev–Trinajstić information content (AvgIpc) is 2.61. The van der Waals surface area contributed by atoms with Crippen LogP contribution in [0.1, 0.15) is 12.6 Å². The number of aryl methyl sites for hydroxylation is 1. The molecule has 0 saturated heterocycles. The molecule has 2 rings (SSSR count). The van der Waals surface area contributed by atoms with Crippen LogP contribution in [0.25, 0.3) is 10.6 Å². The van der Waals surface area contributed by atoms with Crippen molar-refractivity contribution in [2.75, 3.05) is 5.73 Å². The van der Waals surface area contributed by atoms with Crippen molar-refractivity contribution in [1.29, 1.82) is 0 Å². The number of anilines is 1. The Kier molecular flexibility index (Phi) is 2.50. The van der Waals surface area contributed by atoms with Crippen molar-refractivity contribution in [3.8, 4) is 10.6 Å². The van der Waals surface area contributed by atoms with Crippen LogP contribution < -0.4 is 5.73 Å². The van der Waals surface area contributed by atoms with Crippen LogP contribution in [0.3, 0.4) is 0 Å². The van der Waals surface area contributed by atoms with E-state index in [1.165, 1.54) is 0 Å². The lowest BCUT2D eigenvalue weighted by molar-refractivity contribution is 1.07. The molecule has 0 atom stereocenters. The van der Waals surface area contributed by atoms with E-state index in [1.807, 2.05) is 18.2 Å². The van der Waals surface area contributed by atoms with Gasteiger partial charge in [0.15, 0.2) is 0 Å². The van der Waals surface area contributed by atoms with Crippen LogP contribution in [0.2, 0.25) is 0 Å². The van der Waals surface area contributed by atoms with E-state index in [2.05, 4.69) is 24.0 Å². The Morgan fingerprint density at radius 3 is 2.57 bits per heavy atom. The molecule has 0 aliphatic carbocycles. The zero-order chi connectivity index (χ0) is 9.97. The lowest BCUT2D eigenvalue weighted by atomic mass is 10.2. The van der Waals surface area contributed by atoms with Crippen LogP contribution in [0.15, 0.2) is 30.3 Å². The zero-order valence-corrected chi connectivity index (χ0v) is 8.84. The summed E-state index contributed by atoms with van der Waals surface area (Å²) in [5.74, 6) is 0. The van der Waals surface area contributed by atoms with E-state index in [1.54, 1.807) is 11.3 Å². The molecule has 0 fully saturated rings. The summed E-state index contributed by atoms with van der Waals surface area (Å²) in [7, 11) is 0. The molecule has 2 aromatic rings. The second-order valence-corrected chi connectivity index (χ2v) is 4.08. The molecule has 0 unspecified atom stereocenters. The van der Waals surface area contributed by atoms with Crippen molar-refractivity contribution in [2.24, 2.45) is 0 Å². The van der Waals surface area contributed by atoms with E-state index in [-0.39, 0.29) is 0 Å². The maximum absolute atomic E-state index is 5.85. The number of rotatable bonds is 2. The van der Waals surface area contributed by atoms with Crippen LogP contribution in [0.5, 0.6) is 0 Å². The smallest absolute Gasteiger partial charge is 0.125 e. The van der Waals surface area contributed by atoms with E-state index < -0.39 is 0 Å². The fourth-order valence-corrected chi connectivity index (χ4v) is 2.25. The van der Waals surface area contributed by atoms with E-state index in [0.717, 1.165) is 27.7 Å². The van der Waals surface area contributed by atoms with E-state index in [9.17, 15) is 0 Å². The first-order valence-corrected chi connectivity index (χ1v) is 5.43. The predicted octanol–water partition coefficient (Wildman–Crippen LogP) is 2.95. The van der Waals surface area contributed by atoms with E-state index in [0.29, 0.717) is 0 Å². The Hall–Kier alpha value is -1.35. The maximum Gasteiger partial charge on any atom is 0.125 e. The fraction of sp³-hybridized carbons (Fsp3) is 0.182. The molecular weight excluding hydrogens is 192 g/mol. The van der Waals surface area contributed by atoms with Crippen LogP contribution in [-0.4, -0.2) is 4.98 Å². The molecule has 2 nitrogen and oxygen atoms in total. The van der Waals surface area contributed by atoms with Crippen molar-refractivity contribution < 1.29 is 0 Å². The number of hydrogen-bond acceptors (Lipinski definition) is 3. The van der Waals surface area contributed by atoms with Crippen molar-refractivity contribution in [2.45, 2.75) is 13.3 Å². The van der Waals surface area contributed by atoms with Gasteiger partial charge in [0.25, 0.3) is 0 Å². The summed E-state index contributed by atoms with van der Waals surface area (Å²) in [5, 5.41) is 1.85. The first-order valence-electron chi connectivity index (χ1n) is 4.62. The van der Waals surface area contributed by atoms with Gasteiger partial charge in [-0.1, -0.05) is 48.6 Å². The lowest BCUT2D eigenvalue weighted by Crippen LogP contribution is -1.87. The third-order valence-electron chi connectivity index (χ3n) is 2.08. The van der Waals surface area contributed by atoms with Crippen molar-refractivity contribution in [1.82, 2.24) is 4.98 Å². The maximum atomic E-state index is 5.85. The molecule has 0 spiro atoms. The number of nitrogens with zero attached hydrogens (tertiary/aromatic N) is 1. The van der Waals surface area contributed by atoms with Gasteiger partial charge in [-0.25, -0.2) is 4.98 Å². The summed E-state index contributed by atoms with van der Waals surface area (Å²) < 4.78 is 0. The summed E-state index contributed by atoms with van der Waals surface area (Å²) in [6.45, 7) is 2.07. The third-order valence-corrected chi connectivity index (χ3v) is 3.06. The fourth-order valence-electron chi connectivity index (χ4n) is 1.32. The number of nitrogens with two attached hydrogens (primary N) is 1. The molecule has 0 amide bonds. The average molecular weight is 204 g/mol. The summed E-state index contributed by atoms with van der Waals surface area (Å²) in [6, 6.07) is 10.1. The van der Waals surface area contributed by atoms with Crippen LogP contribution in [0, 0.1) is 0 Å². The molecule has 0 radical (unpaired) electrons. The largest absolute Gasteiger partial charge is 0.389 e. The van der Waals surface area contributed by atoms with Gasteiger partial charge in [-0.2, -0.15) is 0 Å². The van der Waals surface area contributed by atoms with E-state index >= 15 is 0 Å². The minimum Gasteiger partial charge on any atom is -0.389 e. The number of nitrogen functional groups attached to an aromatic ring is 1. The van der Waals surface area contributed by atoms with Crippen molar-refractivity contribution in [3.05, 3.63) is 36.0 Å². The second kappa shape index (κ2) is 3.80. The quantitative estimate of drug-likeness (QED) is 0.816. The second-order valence-electron chi connectivity index (χ2n) is 3.05. The van der Waals surface area contributed by atoms with Gasteiger partial charge in [0.1, 0.15) is 10.0 Å². The highest BCUT2D eigenvalue weighted by Gasteiger charge is 2.07. The van der Waals surface area contributed by atoms with Crippen molar-refractivity contribution in [3.63, 3.8) is 0 Å². The first-order chi connectivity index (χ1) is 6.81. The first kappa shape index (κ1) is 9.21. The SMILES string of the molecule is CCc1nc(-c2ccccc2)sc1N. The molecule has 72 valence electrons. The number of benzene rings is 1. The van der Waals surface area contributed by atoms with Crippen LogP contribution >= 0.6 is 11.3 Å². The summed E-state index contributed by atoms with van der Waals surface area (Å²) in [5.41, 5.74) is 8.00. The molecule has 14 heavy (non-hydrogen) atoms. The topological polar surface area (TPSA) is 38.9 Å². The predicted molar refractivity (Wildman–Crippen MR) is 61.3 cm³/mol. The Bertz CT molecular complexity index is 420. The summed E-state index contributed by atoms with van der Waals surface area (Å²) >= 11 is 1.56. The molecule has 0 aliphatic rings. The molecule has 1 aromatic carbocycles. The van der Waals surface area contributed by atoms with Crippen LogP contribution in [-0.2, 0) is 6.42 Å². The van der Waals surface area contributed by atoms with Crippen LogP contribution in [0.4, 0.5) is 5.00 Å². The monoisotopic (exact) mass is 204 g/mol. The summed E-state index contributed by atoms with van der Waals surface area (Å²) in [6.07, 6.45) is 0.898. The molecule has 1 heterocycles. The Balaban J connectivity index is 2.43. The molecule has 2 N–H and O–H groups in total. The molecule has 0 aliphatic heterocycles. The van der Waals surface area contributed by atoms with Gasteiger partial charge in [-0.15, -0.1) is 0 Å². The summed E-state index contributed by atoms with van der Waals surface area (Å²) in [4.78, 5) is 4.49. The molecule has 1 aromatic heterocycles. The number of aromatic nitrogens is 1. The standard InChI is InChI=1S/C11H12N2S/c1-2-9-10(12)14-11(13-9)8-6-4-3-5-7-8/h3-7H,2,12H2,1H3. The lowest BCUT2D eigenvalue weighted by Gasteiger charge is -1.92. The molecule has 3 heteroatoms. The highest BCUT2D eigenvalue weighted by molar-refractivity contribution is 7.18. The van der Waals surface area contributed by atoms with Gasteiger partial charge in [-0.05, 0) is 6.42 Å². The van der Waals surface area contributed by atoms with Gasteiger partial charge in [0.2, 0.25) is 0 Å². The molecular formula is C11H12N2S. The highest BCUT2D eigenvalue weighted by atomic mass is 32.1. The van der Waals surface area contributed by atoms with E-state index in [4.69, 9.17) is 5.73 Å². The van der Waals surface area contributed by atoms with Gasteiger partial charge in [-0.3, -0.25) is 0 Å². The Labute approximate surface area is 87.4 Å². The Morgan fingerprint density at radius 2 is 2.00 bits per heavy atom. The third kappa shape index (κ3) is 1.63. The molecule has 0 saturated carbocycles. The molecule has 0 bridgehead atoms. The zero-order valence-electron chi connectivity index (χ0n) is 8.03. The minimum atomic E-state index is 0.839. The van der Waals surface area contributed by atoms with Gasteiger partial charge < -0.3 is 5.73 Å². The van der Waals surface area contributed by atoms with Gasteiger partial charge in [0, 0.05) is 5.56 Å². The normalized spacial score (nSPS) is 10.4. The Morgan fingerprint density at radius 1 is 1.29 bits per heavy atom.